The van der Waals surface area contributed by atoms with E-state index in [1.807, 2.05) is 59.6 Å². The van der Waals surface area contributed by atoms with Crippen LogP contribution in [0.3, 0.4) is 0 Å². The van der Waals surface area contributed by atoms with Crippen LogP contribution in [0, 0.1) is 0 Å². The van der Waals surface area contributed by atoms with Crippen LogP contribution in [0.1, 0.15) is 25.3 Å². The van der Waals surface area contributed by atoms with Crippen LogP contribution in [0.15, 0.2) is 54.7 Å². The van der Waals surface area contributed by atoms with E-state index >= 15 is 0 Å². The molecule has 150 valence electrons. The van der Waals surface area contributed by atoms with E-state index in [-0.39, 0.29) is 17.9 Å². The average molecular weight is 391 g/mol. The number of ether oxygens (including phenoxy) is 1. The summed E-state index contributed by atoms with van der Waals surface area (Å²) in [6.45, 7) is 2.80. The quantitative estimate of drug-likeness (QED) is 0.693. The number of hydrogen-bond donors (Lipinski definition) is 2. The van der Waals surface area contributed by atoms with Crippen LogP contribution in [-0.4, -0.2) is 36.1 Å². The summed E-state index contributed by atoms with van der Waals surface area (Å²) in [5.41, 5.74) is 3.60. The summed E-state index contributed by atoms with van der Waals surface area (Å²) < 4.78 is 5.50. The molecule has 1 saturated heterocycles. The van der Waals surface area contributed by atoms with Crippen molar-refractivity contribution in [3.05, 3.63) is 60.3 Å². The second-order valence-electron chi connectivity index (χ2n) is 7.37. The molecular weight excluding hydrogens is 366 g/mol. The summed E-state index contributed by atoms with van der Waals surface area (Å²) in [4.78, 5) is 29.8. The molecule has 0 aliphatic carbocycles. The van der Waals surface area contributed by atoms with Gasteiger partial charge in [0.25, 0.3) is 0 Å². The molecule has 1 aromatic heterocycles. The molecule has 6 heteroatoms. The lowest BCUT2D eigenvalue weighted by Gasteiger charge is -2.34. The van der Waals surface area contributed by atoms with E-state index in [0.29, 0.717) is 19.6 Å². The molecule has 2 N–H and O–H groups in total. The Bertz CT molecular complexity index is 1000. The van der Waals surface area contributed by atoms with E-state index in [1.165, 1.54) is 6.92 Å². The Balaban J connectivity index is 1.61. The number of benzene rings is 2. The largest absolute Gasteiger partial charge is 0.381 e. The molecule has 1 aliphatic heterocycles. The first-order valence-electron chi connectivity index (χ1n) is 9.94. The number of para-hydroxylation sites is 1. The first kappa shape index (κ1) is 19.2. The number of fused-ring (bicyclic) bond motifs is 1. The smallest absolute Gasteiger partial charge is 0.231 e. The molecule has 29 heavy (non-hydrogen) atoms. The van der Waals surface area contributed by atoms with Gasteiger partial charge >= 0.3 is 0 Å². The highest BCUT2D eigenvalue weighted by atomic mass is 16.5. The van der Waals surface area contributed by atoms with Crippen molar-refractivity contribution in [2.75, 3.05) is 23.4 Å². The van der Waals surface area contributed by atoms with Gasteiger partial charge in [0.2, 0.25) is 11.8 Å². The molecule has 1 aliphatic rings. The van der Waals surface area contributed by atoms with Crippen molar-refractivity contribution in [2.24, 2.45) is 0 Å². The molecule has 0 unspecified atom stereocenters. The van der Waals surface area contributed by atoms with Gasteiger partial charge in [0.1, 0.15) is 0 Å². The van der Waals surface area contributed by atoms with Crippen molar-refractivity contribution >= 4 is 34.1 Å². The van der Waals surface area contributed by atoms with Crippen LogP contribution in [0.25, 0.3) is 10.9 Å². The van der Waals surface area contributed by atoms with Crippen LogP contribution in [0.5, 0.6) is 0 Å². The van der Waals surface area contributed by atoms with Crippen LogP contribution in [-0.2, 0) is 20.7 Å². The number of amides is 2. The number of nitrogens with zero attached hydrogens (tertiary/aromatic N) is 1. The number of carbonyl (C=O) groups excluding carboxylic acids is 2. The van der Waals surface area contributed by atoms with Gasteiger partial charge in [-0.3, -0.25) is 9.59 Å². The number of rotatable bonds is 5. The maximum atomic E-state index is 13.4. The number of H-pyrrole nitrogens is 1. The Kier molecular flexibility index (Phi) is 5.62. The molecule has 2 aromatic carbocycles. The van der Waals surface area contributed by atoms with Crippen molar-refractivity contribution in [2.45, 2.75) is 32.2 Å². The third kappa shape index (κ3) is 4.32. The van der Waals surface area contributed by atoms with Crippen molar-refractivity contribution in [1.82, 2.24) is 4.98 Å². The number of anilines is 2. The van der Waals surface area contributed by atoms with Gasteiger partial charge in [-0.25, -0.2) is 0 Å². The van der Waals surface area contributed by atoms with Gasteiger partial charge in [-0.2, -0.15) is 0 Å². The molecule has 6 nitrogen and oxygen atoms in total. The Hall–Kier alpha value is -3.12. The Morgan fingerprint density at radius 1 is 1.10 bits per heavy atom. The summed E-state index contributed by atoms with van der Waals surface area (Å²) in [5.74, 6) is -0.0524. The number of aromatic nitrogens is 1. The van der Waals surface area contributed by atoms with Gasteiger partial charge in [-0.15, -0.1) is 0 Å². The highest BCUT2D eigenvalue weighted by Crippen LogP contribution is 2.27. The lowest BCUT2D eigenvalue weighted by molar-refractivity contribution is -0.119. The highest BCUT2D eigenvalue weighted by Gasteiger charge is 2.27. The van der Waals surface area contributed by atoms with Gasteiger partial charge in [0.15, 0.2) is 0 Å². The van der Waals surface area contributed by atoms with Gasteiger partial charge in [-0.05, 0) is 48.7 Å². The maximum absolute atomic E-state index is 13.4. The molecular formula is C23H25N3O3. The maximum Gasteiger partial charge on any atom is 0.231 e. The molecule has 0 spiro atoms. The zero-order chi connectivity index (χ0) is 20.2. The van der Waals surface area contributed by atoms with Crippen molar-refractivity contribution in [1.29, 1.82) is 0 Å². The van der Waals surface area contributed by atoms with E-state index < -0.39 is 0 Å². The molecule has 2 heterocycles. The second kappa shape index (κ2) is 8.49. The normalized spacial score (nSPS) is 14.7. The van der Waals surface area contributed by atoms with E-state index in [9.17, 15) is 9.59 Å². The number of hydrogen-bond acceptors (Lipinski definition) is 3. The molecule has 0 radical (unpaired) electrons. The number of nitrogens with one attached hydrogen (secondary N) is 2. The minimum Gasteiger partial charge on any atom is -0.381 e. The standard InChI is InChI=1S/C23H25N3O3/c1-16(27)25-18-6-8-19(9-7-18)26(20-10-12-29-13-11-20)23(28)14-17-15-24-22-5-3-2-4-21(17)22/h2-9,15,20,24H,10-14H2,1H3,(H,25,27). The molecule has 1 fully saturated rings. The van der Waals surface area contributed by atoms with Gasteiger partial charge in [-0.1, -0.05) is 18.2 Å². The van der Waals surface area contributed by atoms with Crippen LogP contribution in [0.4, 0.5) is 11.4 Å². The topological polar surface area (TPSA) is 74.4 Å². The molecule has 2 amide bonds. The summed E-state index contributed by atoms with van der Waals surface area (Å²) in [6.07, 6.45) is 3.87. The van der Waals surface area contributed by atoms with Crippen LogP contribution < -0.4 is 10.2 Å². The second-order valence-corrected chi connectivity index (χ2v) is 7.37. The fourth-order valence-electron chi connectivity index (χ4n) is 3.94. The molecule has 4 rings (SSSR count). The summed E-state index contributed by atoms with van der Waals surface area (Å²) in [6, 6.07) is 15.6. The third-order valence-corrected chi connectivity index (χ3v) is 5.31. The summed E-state index contributed by atoms with van der Waals surface area (Å²) in [5, 5.41) is 3.85. The van der Waals surface area contributed by atoms with E-state index in [4.69, 9.17) is 4.74 Å². The first-order valence-corrected chi connectivity index (χ1v) is 9.94. The zero-order valence-electron chi connectivity index (χ0n) is 16.5. The fourth-order valence-corrected chi connectivity index (χ4v) is 3.94. The zero-order valence-corrected chi connectivity index (χ0v) is 16.5. The van der Waals surface area contributed by atoms with E-state index in [0.717, 1.165) is 40.7 Å². The Morgan fingerprint density at radius 3 is 2.55 bits per heavy atom. The monoisotopic (exact) mass is 391 g/mol. The van der Waals surface area contributed by atoms with E-state index in [2.05, 4.69) is 10.3 Å². The molecule has 0 atom stereocenters. The van der Waals surface area contributed by atoms with Crippen molar-refractivity contribution in [3.8, 4) is 0 Å². The van der Waals surface area contributed by atoms with Crippen LogP contribution >= 0.6 is 0 Å². The summed E-state index contributed by atoms with van der Waals surface area (Å²) in [7, 11) is 0. The highest BCUT2D eigenvalue weighted by molar-refractivity contribution is 5.98. The molecule has 3 aromatic rings. The Morgan fingerprint density at radius 2 is 1.83 bits per heavy atom. The van der Waals surface area contributed by atoms with Crippen molar-refractivity contribution < 1.29 is 14.3 Å². The molecule has 0 bridgehead atoms. The predicted molar refractivity (Wildman–Crippen MR) is 114 cm³/mol. The molecule has 0 saturated carbocycles. The van der Waals surface area contributed by atoms with Gasteiger partial charge < -0.3 is 19.9 Å². The third-order valence-electron chi connectivity index (χ3n) is 5.31. The minimum absolute atomic E-state index is 0.0638. The summed E-state index contributed by atoms with van der Waals surface area (Å²) >= 11 is 0. The van der Waals surface area contributed by atoms with Crippen molar-refractivity contribution in [3.63, 3.8) is 0 Å². The fraction of sp³-hybridized carbons (Fsp3) is 0.304. The first-order chi connectivity index (χ1) is 14.1. The lowest BCUT2D eigenvalue weighted by atomic mass is 10.0. The van der Waals surface area contributed by atoms with Gasteiger partial charge in [0, 0.05) is 54.7 Å². The number of carbonyl (C=O) groups is 2. The average Bonchev–Trinajstić information content (AvgIpc) is 3.13. The van der Waals surface area contributed by atoms with Crippen LogP contribution in [0.2, 0.25) is 0 Å². The van der Waals surface area contributed by atoms with Gasteiger partial charge in [0.05, 0.1) is 6.42 Å². The SMILES string of the molecule is CC(=O)Nc1ccc(N(C(=O)Cc2c[nH]c3ccccc23)C2CCOCC2)cc1. The predicted octanol–water partition coefficient (Wildman–Crippen LogP) is 3.88. The number of aromatic amines is 1. The Labute approximate surface area is 169 Å². The van der Waals surface area contributed by atoms with E-state index in [1.54, 1.807) is 0 Å². The minimum atomic E-state index is -0.116. The lowest BCUT2D eigenvalue weighted by Crippen LogP contribution is -2.44.